The molecule has 1 aliphatic heterocycles. The van der Waals surface area contributed by atoms with Gasteiger partial charge < -0.3 is 0 Å². The molecular formula is C18H19IN2O4S. The van der Waals surface area contributed by atoms with Gasteiger partial charge in [-0.2, -0.15) is 4.31 Å². The Hall–Kier alpha value is -1.52. The number of piperidine rings is 1. The number of alkyl halides is 1. The number of halogens is 1. The Morgan fingerprint density at radius 3 is 2.31 bits per heavy atom. The van der Waals surface area contributed by atoms with Gasteiger partial charge in [0, 0.05) is 22.6 Å². The second-order valence-electron chi connectivity index (χ2n) is 6.41. The van der Waals surface area contributed by atoms with Crippen LogP contribution in [0.15, 0.2) is 53.4 Å². The normalized spacial score (nSPS) is 21.5. The lowest BCUT2D eigenvalue weighted by Crippen LogP contribution is -2.41. The van der Waals surface area contributed by atoms with Crippen molar-refractivity contribution < 1.29 is 13.3 Å². The molecule has 2 atom stereocenters. The molecule has 3 rings (SSSR count). The van der Waals surface area contributed by atoms with E-state index >= 15 is 0 Å². The standard InChI is InChI=1S/C18H19IN2O4S/c1-13-2-8-17(9-3-13)26(24,25)20-11-10-15(19)12-18(20)14-4-6-16(7-5-14)21(22)23/h2-9,15,18H,10-12H2,1H3/t15-,18-/m0/s1. The van der Waals surface area contributed by atoms with Crippen molar-refractivity contribution in [3.05, 3.63) is 69.8 Å². The first-order chi connectivity index (χ1) is 12.3. The van der Waals surface area contributed by atoms with Crippen LogP contribution in [0, 0.1) is 17.0 Å². The van der Waals surface area contributed by atoms with Gasteiger partial charge in [-0.25, -0.2) is 8.42 Å². The Balaban J connectivity index is 1.98. The molecule has 1 aliphatic rings. The molecule has 26 heavy (non-hydrogen) atoms. The number of benzene rings is 2. The molecule has 0 aliphatic carbocycles. The van der Waals surface area contributed by atoms with Crippen LogP contribution in [-0.2, 0) is 10.0 Å². The molecule has 1 saturated heterocycles. The molecule has 1 heterocycles. The molecule has 6 nitrogen and oxygen atoms in total. The summed E-state index contributed by atoms with van der Waals surface area (Å²) >= 11 is 2.34. The van der Waals surface area contributed by atoms with E-state index in [4.69, 9.17) is 0 Å². The Morgan fingerprint density at radius 1 is 1.12 bits per heavy atom. The minimum atomic E-state index is -3.63. The zero-order valence-electron chi connectivity index (χ0n) is 14.2. The van der Waals surface area contributed by atoms with E-state index in [0.717, 1.165) is 17.5 Å². The van der Waals surface area contributed by atoms with Crippen LogP contribution in [0.4, 0.5) is 5.69 Å². The highest BCUT2D eigenvalue weighted by Gasteiger charge is 2.37. The molecule has 0 N–H and O–H groups in total. The van der Waals surface area contributed by atoms with Crippen LogP contribution < -0.4 is 0 Å². The summed E-state index contributed by atoms with van der Waals surface area (Å²) in [5.41, 5.74) is 1.79. The topological polar surface area (TPSA) is 80.5 Å². The van der Waals surface area contributed by atoms with Crippen LogP contribution in [0.25, 0.3) is 0 Å². The molecule has 0 bridgehead atoms. The quantitative estimate of drug-likeness (QED) is 0.280. The van der Waals surface area contributed by atoms with E-state index in [1.165, 1.54) is 16.4 Å². The monoisotopic (exact) mass is 486 g/mol. The molecule has 0 spiro atoms. The largest absolute Gasteiger partial charge is 0.269 e. The number of aryl methyl sites for hydroxylation is 1. The fraction of sp³-hybridized carbons (Fsp3) is 0.333. The van der Waals surface area contributed by atoms with Gasteiger partial charge in [0.15, 0.2) is 0 Å². The van der Waals surface area contributed by atoms with Crippen molar-refractivity contribution >= 4 is 38.3 Å². The highest BCUT2D eigenvalue weighted by atomic mass is 127. The van der Waals surface area contributed by atoms with Crippen molar-refractivity contribution in [2.75, 3.05) is 6.54 Å². The van der Waals surface area contributed by atoms with Gasteiger partial charge in [0.05, 0.1) is 15.9 Å². The molecule has 0 aromatic heterocycles. The van der Waals surface area contributed by atoms with Crippen LogP contribution in [0.1, 0.15) is 30.0 Å². The number of nitro groups is 1. The third-order valence-corrected chi connectivity index (χ3v) is 7.66. The number of nitro benzene ring substituents is 1. The zero-order valence-corrected chi connectivity index (χ0v) is 17.2. The minimum absolute atomic E-state index is 0.00326. The number of rotatable bonds is 4. The van der Waals surface area contributed by atoms with Gasteiger partial charge in [-0.15, -0.1) is 0 Å². The Bertz CT molecular complexity index is 898. The van der Waals surface area contributed by atoms with Gasteiger partial charge >= 0.3 is 0 Å². The molecule has 138 valence electrons. The second kappa shape index (κ2) is 7.61. The van der Waals surface area contributed by atoms with Gasteiger partial charge in [-0.05, 0) is 37.5 Å². The molecule has 0 unspecified atom stereocenters. The maximum atomic E-state index is 13.2. The molecule has 1 fully saturated rings. The molecule has 2 aromatic carbocycles. The van der Waals surface area contributed by atoms with E-state index in [-0.39, 0.29) is 16.6 Å². The van der Waals surface area contributed by atoms with Gasteiger partial charge in [-0.3, -0.25) is 10.1 Å². The summed E-state index contributed by atoms with van der Waals surface area (Å²) in [4.78, 5) is 10.7. The number of sulfonamides is 1. The van der Waals surface area contributed by atoms with E-state index in [0.29, 0.717) is 16.9 Å². The lowest BCUT2D eigenvalue weighted by atomic mass is 9.97. The maximum absolute atomic E-state index is 13.2. The maximum Gasteiger partial charge on any atom is 0.269 e. The van der Waals surface area contributed by atoms with Gasteiger partial charge in [0.1, 0.15) is 0 Å². The Kier molecular flexibility index (Phi) is 5.64. The summed E-state index contributed by atoms with van der Waals surface area (Å²) in [6.45, 7) is 2.35. The zero-order chi connectivity index (χ0) is 18.9. The lowest BCUT2D eigenvalue weighted by Gasteiger charge is -2.37. The van der Waals surface area contributed by atoms with Crippen LogP contribution in [0.5, 0.6) is 0 Å². The van der Waals surface area contributed by atoms with Crippen molar-refractivity contribution in [3.8, 4) is 0 Å². The molecule has 0 amide bonds. The van der Waals surface area contributed by atoms with Gasteiger partial charge in [-0.1, -0.05) is 52.4 Å². The van der Waals surface area contributed by atoms with Crippen LogP contribution in [-0.4, -0.2) is 28.1 Å². The highest BCUT2D eigenvalue weighted by molar-refractivity contribution is 14.1. The average Bonchev–Trinajstić information content (AvgIpc) is 2.62. The van der Waals surface area contributed by atoms with E-state index in [9.17, 15) is 18.5 Å². The first-order valence-corrected chi connectivity index (χ1v) is 10.9. The van der Waals surface area contributed by atoms with Crippen LogP contribution >= 0.6 is 22.6 Å². The third kappa shape index (κ3) is 3.91. The van der Waals surface area contributed by atoms with E-state index in [1.807, 2.05) is 6.92 Å². The number of hydrogen-bond acceptors (Lipinski definition) is 4. The number of non-ortho nitro benzene ring substituents is 1. The van der Waals surface area contributed by atoms with Gasteiger partial charge in [0.2, 0.25) is 10.0 Å². The summed E-state index contributed by atoms with van der Waals surface area (Å²) in [6, 6.07) is 12.7. The van der Waals surface area contributed by atoms with Crippen molar-refractivity contribution in [2.45, 2.75) is 34.6 Å². The summed E-state index contributed by atoms with van der Waals surface area (Å²) < 4.78 is 28.3. The van der Waals surface area contributed by atoms with Crippen molar-refractivity contribution in [1.82, 2.24) is 4.31 Å². The Labute approximate surface area is 166 Å². The summed E-state index contributed by atoms with van der Waals surface area (Å²) in [5.74, 6) is 0. The highest BCUT2D eigenvalue weighted by Crippen LogP contribution is 2.38. The summed E-state index contributed by atoms with van der Waals surface area (Å²) in [7, 11) is -3.63. The van der Waals surface area contributed by atoms with Crippen LogP contribution in [0.2, 0.25) is 0 Å². The third-order valence-electron chi connectivity index (χ3n) is 4.61. The molecule has 8 heteroatoms. The van der Waals surface area contributed by atoms with E-state index in [1.54, 1.807) is 36.4 Å². The van der Waals surface area contributed by atoms with Gasteiger partial charge in [0.25, 0.3) is 5.69 Å². The molecule has 0 radical (unpaired) electrons. The van der Waals surface area contributed by atoms with Crippen molar-refractivity contribution in [3.63, 3.8) is 0 Å². The van der Waals surface area contributed by atoms with E-state index < -0.39 is 14.9 Å². The fourth-order valence-corrected chi connectivity index (χ4v) is 5.55. The van der Waals surface area contributed by atoms with Crippen LogP contribution in [0.3, 0.4) is 0 Å². The molecule has 0 saturated carbocycles. The average molecular weight is 486 g/mol. The first kappa shape index (κ1) is 19.2. The first-order valence-electron chi connectivity index (χ1n) is 8.26. The summed E-state index contributed by atoms with van der Waals surface area (Å²) in [6.07, 6.45) is 1.47. The van der Waals surface area contributed by atoms with Crippen molar-refractivity contribution in [1.29, 1.82) is 0 Å². The number of hydrogen-bond donors (Lipinski definition) is 0. The molecule has 2 aromatic rings. The Morgan fingerprint density at radius 2 is 1.73 bits per heavy atom. The SMILES string of the molecule is Cc1ccc(S(=O)(=O)N2CC[C@H](I)C[C@H]2c2ccc([N+](=O)[O-])cc2)cc1. The smallest absolute Gasteiger partial charge is 0.258 e. The predicted molar refractivity (Wildman–Crippen MR) is 108 cm³/mol. The predicted octanol–water partition coefficient (Wildman–Crippen LogP) is 4.23. The van der Waals surface area contributed by atoms with E-state index in [2.05, 4.69) is 22.6 Å². The van der Waals surface area contributed by atoms with Crippen molar-refractivity contribution in [2.24, 2.45) is 0 Å². The minimum Gasteiger partial charge on any atom is -0.258 e. The summed E-state index contributed by atoms with van der Waals surface area (Å²) in [5, 5.41) is 10.9. The lowest BCUT2D eigenvalue weighted by molar-refractivity contribution is -0.384. The molecular weight excluding hydrogens is 467 g/mol. The number of nitrogens with zero attached hydrogens (tertiary/aromatic N) is 2. The second-order valence-corrected chi connectivity index (χ2v) is 10.1. The fourth-order valence-electron chi connectivity index (χ4n) is 3.15.